The first-order chi connectivity index (χ1) is 8.16. The Morgan fingerprint density at radius 3 is 2.35 bits per heavy atom. The van der Waals surface area contributed by atoms with Crippen LogP contribution in [0.15, 0.2) is 48.5 Å². The van der Waals surface area contributed by atoms with E-state index >= 15 is 0 Å². The first-order valence-corrected chi connectivity index (χ1v) is 5.20. The van der Waals surface area contributed by atoms with Crippen LogP contribution in [0.1, 0.15) is 15.9 Å². The van der Waals surface area contributed by atoms with Crippen LogP contribution in [-0.2, 0) is 0 Å². The van der Waals surface area contributed by atoms with Crippen molar-refractivity contribution in [3.63, 3.8) is 0 Å². The smallest absolute Gasteiger partial charge is 0.343 e. The maximum absolute atomic E-state index is 13.3. The van der Waals surface area contributed by atoms with Gasteiger partial charge in [0.15, 0.2) is 11.6 Å². The fraction of sp³-hybridized carbons (Fsp3) is 0.0714. The van der Waals surface area contributed by atoms with Crippen molar-refractivity contribution in [2.75, 3.05) is 0 Å². The summed E-state index contributed by atoms with van der Waals surface area (Å²) in [5, 5.41) is 0. The molecule has 0 radical (unpaired) electrons. The van der Waals surface area contributed by atoms with Gasteiger partial charge in [-0.15, -0.1) is 0 Å². The van der Waals surface area contributed by atoms with Gasteiger partial charge in [0, 0.05) is 0 Å². The minimum Gasteiger partial charge on any atom is -0.420 e. The molecule has 0 aliphatic rings. The highest BCUT2D eigenvalue weighted by Gasteiger charge is 2.10. The van der Waals surface area contributed by atoms with E-state index in [2.05, 4.69) is 0 Å². The number of carbonyl (C=O) groups excluding carboxylic acids is 1. The SMILES string of the molecule is Cc1ccc(C(=O)Oc2ccccc2F)cc1. The van der Waals surface area contributed by atoms with Crippen molar-refractivity contribution in [3.8, 4) is 5.75 Å². The Morgan fingerprint density at radius 2 is 1.71 bits per heavy atom. The van der Waals surface area contributed by atoms with Crippen LogP contribution >= 0.6 is 0 Å². The van der Waals surface area contributed by atoms with Crippen molar-refractivity contribution in [2.24, 2.45) is 0 Å². The van der Waals surface area contributed by atoms with E-state index in [1.165, 1.54) is 12.1 Å². The lowest BCUT2D eigenvalue weighted by molar-refractivity contribution is 0.0728. The Morgan fingerprint density at radius 1 is 1.06 bits per heavy atom. The van der Waals surface area contributed by atoms with Gasteiger partial charge in [-0.2, -0.15) is 0 Å². The highest BCUT2D eigenvalue weighted by Crippen LogP contribution is 2.17. The molecule has 0 aromatic heterocycles. The fourth-order valence-electron chi connectivity index (χ4n) is 1.38. The van der Waals surface area contributed by atoms with Crippen molar-refractivity contribution in [3.05, 3.63) is 65.5 Å². The zero-order valence-corrected chi connectivity index (χ0v) is 9.31. The summed E-state index contributed by atoms with van der Waals surface area (Å²) in [6.45, 7) is 1.92. The first kappa shape index (κ1) is 11.3. The topological polar surface area (TPSA) is 26.3 Å². The number of benzene rings is 2. The molecule has 2 aromatic carbocycles. The van der Waals surface area contributed by atoms with Crippen LogP contribution < -0.4 is 4.74 Å². The van der Waals surface area contributed by atoms with Gasteiger partial charge in [-0.1, -0.05) is 29.8 Å². The first-order valence-electron chi connectivity index (χ1n) is 5.20. The lowest BCUT2D eigenvalue weighted by atomic mass is 10.1. The van der Waals surface area contributed by atoms with Gasteiger partial charge in [0.05, 0.1) is 5.56 Å². The van der Waals surface area contributed by atoms with Crippen LogP contribution in [0.5, 0.6) is 5.75 Å². The summed E-state index contributed by atoms with van der Waals surface area (Å²) in [6, 6.07) is 12.7. The number of hydrogen-bond donors (Lipinski definition) is 0. The van der Waals surface area contributed by atoms with Gasteiger partial charge in [0.1, 0.15) is 0 Å². The third-order valence-corrected chi connectivity index (χ3v) is 2.33. The fourth-order valence-corrected chi connectivity index (χ4v) is 1.38. The Labute approximate surface area is 98.7 Å². The van der Waals surface area contributed by atoms with E-state index in [1.54, 1.807) is 36.4 Å². The molecule has 0 aliphatic heterocycles. The average Bonchev–Trinajstić information content (AvgIpc) is 2.33. The summed E-state index contributed by atoms with van der Waals surface area (Å²) in [5.41, 5.74) is 1.45. The molecular weight excluding hydrogens is 219 g/mol. The zero-order valence-electron chi connectivity index (χ0n) is 9.31. The third-order valence-electron chi connectivity index (χ3n) is 2.33. The van der Waals surface area contributed by atoms with E-state index in [0.29, 0.717) is 5.56 Å². The molecule has 0 N–H and O–H groups in total. The van der Waals surface area contributed by atoms with Gasteiger partial charge >= 0.3 is 5.97 Å². The summed E-state index contributed by atoms with van der Waals surface area (Å²) >= 11 is 0. The summed E-state index contributed by atoms with van der Waals surface area (Å²) in [7, 11) is 0. The minimum atomic E-state index is -0.560. The number of para-hydroxylation sites is 1. The normalized spacial score (nSPS) is 10.0. The Balaban J connectivity index is 2.17. The molecule has 0 bridgehead atoms. The number of esters is 1. The number of rotatable bonds is 2. The van der Waals surface area contributed by atoms with Crippen molar-refractivity contribution >= 4 is 5.97 Å². The summed E-state index contributed by atoms with van der Waals surface area (Å²) in [6.07, 6.45) is 0. The molecular formula is C14H11FO2. The van der Waals surface area contributed by atoms with Gasteiger partial charge in [-0.3, -0.25) is 0 Å². The predicted octanol–water partition coefficient (Wildman–Crippen LogP) is 3.35. The van der Waals surface area contributed by atoms with E-state index < -0.39 is 11.8 Å². The minimum absolute atomic E-state index is 0.0573. The molecule has 0 atom stereocenters. The molecule has 0 heterocycles. The molecule has 0 aliphatic carbocycles. The Kier molecular flexibility index (Phi) is 3.19. The zero-order chi connectivity index (χ0) is 12.3. The van der Waals surface area contributed by atoms with Crippen LogP contribution in [0.4, 0.5) is 4.39 Å². The van der Waals surface area contributed by atoms with Crippen molar-refractivity contribution in [2.45, 2.75) is 6.92 Å². The largest absolute Gasteiger partial charge is 0.420 e. The number of hydrogen-bond acceptors (Lipinski definition) is 2. The summed E-state index contributed by atoms with van der Waals surface area (Å²) in [5.74, 6) is -1.17. The van der Waals surface area contributed by atoms with E-state index in [9.17, 15) is 9.18 Å². The molecule has 0 unspecified atom stereocenters. The van der Waals surface area contributed by atoms with Crippen molar-refractivity contribution < 1.29 is 13.9 Å². The molecule has 2 rings (SSSR count). The van der Waals surface area contributed by atoms with Gasteiger partial charge in [0.25, 0.3) is 0 Å². The molecule has 0 saturated heterocycles. The molecule has 2 aromatic rings. The van der Waals surface area contributed by atoms with Crippen LogP contribution in [0.2, 0.25) is 0 Å². The molecule has 0 fully saturated rings. The third kappa shape index (κ3) is 2.69. The summed E-state index contributed by atoms with van der Waals surface area (Å²) in [4.78, 5) is 11.7. The van der Waals surface area contributed by atoms with E-state index in [0.717, 1.165) is 5.56 Å². The van der Waals surface area contributed by atoms with Gasteiger partial charge in [-0.05, 0) is 31.2 Å². The second-order valence-electron chi connectivity index (χ2n) is 3.69. The number of halogens is 1. The van der Waals surface area contributed by atoms with E-state index in [4.69, 9.17) is 4.74 Å². The molecule has 0 amide bonds. The van der Waals surface area contributed by atoms with Gasteiger partial charge in [-0.25, -0.2) is 9.18 Å². The van der Waals surface area contributed by atoms with Crippen molar-refractivity contribution in [1.29, 1.82) is 0 Å². The number of ether oxygens (including phenoxy) is 1. The van der Waals surface area contributed by atoms with Gasteiger partial charge < -0.3 is 4.74 Å². The van der Waals surface area contributed by atoms with Crippen LogP contribution in [0, 0.1) is 12.7 Å². The average molecular weight is 230 g/mol. The van der Waals surface area contributed by atoms with Crippen LogP contribution in [0.25, 0.3) is 0 Å². The number of carbonyl (C=O) groups is 1. The molecule has 2 nitrogen and oxygen atoms in total. The Bertz CT molecular complexity index is 532. The standard InChI is InChI=1S/C14H11FO2/c1-10-6-8-11(9-7-10)14(16)17-13-5-3-2-4-12(13)15/h2-9H,1H3. The quantitative estimate of drug-likeness (QED) is 0.584. The maximum atomic E-state index is 13.3. The van der Waals surface area contributed by atoms with Crippen molar-refractivity contribution in [1.82, 2.24) is 0 Å². The molecule has 17 heavy (non-hydrogen) atoms. The monoisotopic (exact) mass is 230 g/mol. The van der Waals surface area contributed by atoms with Gasteiger partial charge in [0.2, 0.25) is 0 Å². The number of aryl methyl sites for hydroxylation is 1. The lowest BCUT2D eigenvalue weighted by Gasteiger charge is -2.05. The highest BCUT2D eigenvalue weighted by atomic mass is 19.1. The molecule has 0 saturated carbocycles. The second-order valence-corrected chi connectivity index (χ2v) is 3.69. The molecule has 86 valence electrons. The van der Waals surface area contributed by atoms with Crippen LogP contribution in [-0.4, -0.2) is 5.97 Å². The maximum Gasteiger partial charge on any atom is 0.343 e. The lowest BCUT2D eigenvalue weighted by Crippen LogP contribution is -2.09. The Hall–Kier alpha value is -2.16. The van der Waals surface area contributed by atoms with E-state index in [-0.39, 0.29) is 5.75 Å². The highest BCUT2D eigenvalue weighted by molar-refractivity contribution is 5.91. The molecule has 0 spiro atoms. The predicted molar refractivity (Wildman–Crippen MR) is 62.5 cm³/mol. The summed E-state index contributed by atoms with van der Waals surface area (Å²) < 4.78 is 18.2. The van der Waals surface area contributed by atoms with Crippen LogP contribution in [0.3, 0.4) is 0 Å². The second kappa shape index (κ2) is 4.78. The van der Waals surface area contributed by atoms with E-state index in [1.807, 2.05) is 6.92 Å². The molecule has 3 heteroatoms.